The number of hydrogen-bond acceptors (Lipinski definition) is 3. The van der Waals surface area contributed by atoms with E-state index in [2.05, 4.69) is 15.5 Å². The van der Waals surface area contributed by atoms with E-state index in [1.54, 1.807) is 12.1 Å². The predicted octanol–water partition coefficient (Wildman–Crippen LogP) is 1.56. The molecule has 0 fully saturated rings. The van der Waals surface area contributed by atoms with Gasteiger partial charge < -0.3 is 10.4 Å². The molecule has 2 rings (SSSR count). The third-order valence-electron chi connectivity index (χ3n) is 1.97. The molecule has 6 heteroatoms. The number of carbonyl (C=O) groups excluding carboxylic acids is 1. The van der Waals surface area contributed by atoms with E-state index in [-0.39, 0.29) is 5.56 Å². The van der Waals surface area contributed by atoms with Crippen molar-refractivity contribution in [3.05, 3.63) is 35.4 Å². The smallest absolute Gasteiger partial charge is 0.361 e. The van der Waals surface area contributed by atoms with E-state index in [9.17, 15) is 9.59 Å². The first-order valence-corrected chi connectivity index (χ1v) is 4.21. The number of carboxylic acid groups (broad SMARTS) is 1. The van der Waals surface area contributed by atoms with Crippen LogP contribution < -0.4 is 5.32 Å². The second-order valence-corrected chi connectivity index (χ2v) is 3.00. The molecule has 1 aromatic carbocycles. The van der Waals surface area contributed by atoms with Crippen molar-refractivity contribution in [1.82, 2.24) is 5.32 Å². The number of carbonyl (C=O) groups is 2. The average Bonchev–Trinajstić information content (AvgIpc) is 2.65. The van der Waals surface area contributed by atoms with Gasteiger partial charge in [0, 0.05) is 0 Å². The summed E-state index contributed by atoms with van der Waals surface area (Å²) >= 11 is 0. The van der Waals surface area contributed by atoms with Crippen molar-refractivity contribution in [3.8, 4) is 0 Å². The Morgan fingerprint density at radius 1 is 1.47 bits per heavy atom. The molecule has 2 amide bonds. The quantitative estimate of drug-likeness (QED) is 0.767. The van der Waals surface area contributed by atoms with Crippen LogP contribution in [-0.2, 0) is 0 Å². The van der Waals surface area contributed by atoms with Gasteiger partial charge in [-0.3, -0.25) is 0 Å². The van der Waals surface area contributed by atoms with Crippen molar-refractivity contribution in [2.45, 2.75) is 6.17 Å². The van der Waals surface area contributed by atoms with E-state index in [0.29, 0.717) is 5.56 Å². The summed E-state index contributed by atoms with van der Waals surface area (Å²) in [6.07, 6.45) is -0.572. The number of nitrogens with one attached hydrogen (secondary N) is 1. The standard InChI is InChI=1S/C9H7N3O3/c13-8(14)6-3-1-2-5(4-6)7-10-9(15)12-11-7/h1-4,7H,(H,10,15)(H,13,14). The van der Waals surface area contributed by atoms with Gasteiger partial charge in [0.25, 0.3) is 0 Å². The lowest BCUT2D eigenvalue weighted by molar-refractivity contribution is 0.0696. The third-order valence-corrected chi connectivity index (χ3v) is 1.97. The van der Waals surface area contributed by atoms with Gasteiger partial charge in [0.1, 0.15) is 0 Å². The van der Waals surface area contributed by atoms with E-state index in [1.807, 2.05) is 0 Å². The SMILES string of the molecule is O=C1N=NC(c2cccc(C(=O)O)c2)N1. The molecule has 0 aliphatic carbocycles. The van der Waals surface area contributed by atoms with Crippen molar-refractivity contribution in [1.29, 1.82) is 0 Å². The number of urea groups is 1. The summed E-state index contributed by atoms with van der Waals surface area (Å²) in [5, 5.41) is 18.2. The Morgan fingerprint density at radius 3 is 2.87 bits per heavy atom. The number of nitrogens with zero attached hydrogens (tertiary/aromatic N) is 2. The molecule has 0 bridgehead atoms. The lowest BCUT2D eigenvalue weighted by atomic mass is 10.1. The zero-order valence-corrected chi connectivity index (χ0v) is 7.54. The zero-order chi connectivity index (χ0) is 10.8. The van der Waals surface area contributed by atoms with Crippen LogP contribution in [0.1, 0.15) is 22.1 Å². The number of benzene rings is 1. The summed E-state index contributed by atoms with van der Waals surface area (Å²) in [6, 6.07) is 5.69. The summed E-state index contributed by atoms with van der Waals surface area (Å²) in [6.45, 7) is 0. The number of azo groups is 1. The Bertz CT molecular complexity index is 456. The predicted molar refractivity (Wildman–Crippen MR) is 49.5 cm³/mol. The minimum atomic E-state index is -1.02. The fraction of sp³-hybridized carbons (Fsp3) is 0.111. The van der Waals surface area contributed by atoms with Gasteiger partial charge in [0.05, 0.1) is 5.56 Å². The molecule has 76 valence electrons. The molecule has 0 aromatic heterocycles. The van der Waals surface area contributed by atoms with Crippen LogP contribution in [0.3, 0.4) is 0 Å². The zero-order valence-electron chi connectivity index (χ0n) is 7.54. The van der Waals surface area contributed by atoms with Crippen molar-refractivity contribution < 1.29 is 14.7 Å². The highest BCUT2D eigenvalue weighted by Gasteiger charge is 2.19. The molecule has 0 saturated carbocycles. The van der Waals surface area contributed by atoms with Gasteiger partial charge in [-0.05, 0) is 17.7 Å². The maximum Gasteiger partial charge on any atom is 0.361 e. The number of aromatic carboxylic acids is 1. The highest BCUT2D eigenvalue weighted by atomic mass is 16.4. The molecule has 1 atom stereocenters. The molecule has 0 radical (unpaired) electrons. The van der Waals surface area contributed by atoms with E-state index in [4.69, 9.17) is 5.11 Å². The van der Waals surface area contributed by atoms with Crippen LogP contribution in [0.15, 0.2) is 34.5 Å². The Balaban J connectivity index is 2.29. The molecule has 1 aromatic rings. The first-order chi connectivity index (χ1) is 7.16. The minimum Gasteiger partial charge on any atom is -0.478 e. The first-order valence-electron chi connectivity index (χ1n) is 4.21. The van der Waals surface area contributed by atoms with Gasteiger partial charge >= 0.3 is 12.0 Å². The molecule has 15 heavy (non-hydrogen) atoms. The molecule has 1 aliphatic heterocycles. The first kappa shape index (κ1) is 9.32. The molecular formula is C9H7N3O3. The Labute approximate surface area is 84.6 Å². The molecule has 1 unspecified atom stereocenters. The fourth-order valence-corrected chi connectivity index (χ4v) is 1.28. The van der Waals surface area contributed by atoms with Crippen molar-refractivity contribution >= 4 is 12.0 Å². The van der Waals surface area contributed by atoms with Gasteiger partial charge in [-0.25, -0.2) is 9.59 Å². The van der Waals surface area contributed by atoms with E-state index >= 15 is 0 Å². The van der Waals surface area contributed by atoms with Crippen LogP contribution >= 0.6 is 0 Å². The number of rotatable bonds is 2. The Hall–Kier alpha value is -2.24. The maximum absolute atomic E-state index is 10.8. The molecule has 6 nitrogen and oxygen atoms in total. The summed E-state index contributed by atoms with van der Waals surface area (Å²) in [4.78, 5) is 21.4. The minimum absolute atomic E-state index is 0.156. The largest absolute Gasteiger partial charge is 0.478 e. The van der Waals surface area contributed by atoms with Gasteiger partial charge in [0.15, 0.2) is 6.17 Å². The van der Waals surface area contributed by atoms with Crippen LogP contribution in [0.2, 0.25) is 0 Å². The van der Waals surface area contributed by atoms with Crippen molar-refractivity contribution in [2.24, 2.45) is 10.2 Å². The molecular weight excluding hydrogens is 198 g/mol. The normalized spacial score (nSPS) is 18.9. The van der Waals surface area contributed by atoms with Crippen molar-refractivity contribution in [3.63, 3.8) is 0 Å². The number of hydrogen-bond donors (Lipinski definition) is 2. The molecule has 1 heterocycles. The lowest BCUT2D eigenvalue weighted by Crippen LogP contribution is -2.18. The summed E-state index contributed by atoms with van der Waals surface area (Å²) in [7, 11) is 0. The Morgan fingerprint density at radius 2 is 2.27 bits per heavy atom. The van der Waals surface area contributed by atoms with Crippen molar-refractivity contribution in [2.75, 3.05) is 0 Å². The van der Waals surface area contributed by atoms with Crippen LogP contribution in [0.25, 0.3) is 0 Å². The van der Waals surface area contributed by atoms with Gasteiger partial charge in [-0.2, -0.15) is 5.11 Å². The average molecular weight is 205 g/mol. The van der Waals surface area contributed by atoms with Gasteiger partial charge in [-0.15, -0.1) is 0 Å². The summed E-state index contributed by atoms with van der Waals surface area (Å²) in [5.41, 5.74) is 0.758. The van der Waals surface area contributed by atoms with Gasteiger partial charge in [-0.1, -0.05) is 17.2 Å². The van der Waals surface area contributed by atoms with Crippen LogP contribution in [0.5, 0.6) is 0 Å². The van der Waals surface area contributed by atoms with Crippen LogP contribution in [-0.4, -0.2) is 17.1 Å². The second kappa shape index (κ2) is 3.49. The Kier molecular flexibility index (Phi) is 2.17. The summed E-state index contributed by atoms with van der Waals surface area (Å²) < 4.78 is 0. The second-order valence-electron chi connectivity index (χ2n) is 3.00. The van der Waals surface area contributed by atoms with Gasteiger partial charge in [0.2, 0.25) is 0 Å². The van der Waals surface area contributed by atoms with E-state index in [0.717, 1.165) is 0 Å². The van der Waals surface area contributed by atoms with Crippen LogP contribution in [0, 0.1) is 0 Å². The van der Waals surface area contributed by atoms with Crippen LogP contribution in [0.4, 0.5) is 4.79 Å². The highest BCUT2D eigenvalue weighted by Crippen LogP contribution is 2.19. The third kappa shape index (κ3) is 1.83. The van der Waals surface area contributed by atoms with E-state index < -0.39 is 18.2 Å². The monoisotopic (exact) mass is 205 g/mol. The molecule has 2 N–H and O–H groups in total. The number of amides is 2. The maximum atomic E-state index is 10.8. The highest BCUT2D eigenvalue weighted by molar-refractivity contribution is 5.87. The topological polar surface area (TPSA) is 91.1 Å². The molecule has 0 saturated heterocycles. The van der Waals surface area contributed by atoms with E-state index in [1.165, 1.54) is 12.1 Å². The fourth-order valence-electron chi connectivity index (χ4n) is 1.28. The number of carboxylic acids is 1. The summed E-state index contributed by atoms with van der Waals surface area (Å²) in [5.74, 6) is -1.02. The molecule has 0 spiro atoms. The molecule has 1 aliphatic rings. The lowest BCUT2D eigenvalue weighted by Gasteiger charge is -2.06.